The van der Waals surface area contributed by atoms with Crippen LogP contribution in [-0.4, -0.2) is 0 Å². The lowest BCUT2D eigenvalue weighted by Crippen LogP contribution is -2.09. The Kier molecular flexibility index (Phi) is 4.57. The summed E-state index contributed by atoms with van der Waals surface area (Å²) >= 11 is 0. The lowest BCUT2D eigenvalue weighted by atomic mass is 9.79. The molecule has 1 radical (unpaired) electrons. The van der Waals surface area contributed by atoms with E-state index in [1.165, 1.54) is 0 Å². The van der Waals surface area contributed by atoms with Gasteiger partial charge in [-0.3, -0.25) is 0 Å². The molecule has 0 fully saturated rings. The quantitative estimate of drug-likeness (QED) is 0.677. The molecule has 0 heterocycles. The van der Waals surface area contributed by atoms with Gasteiger partial charge in [-0.25, -0.2) is 0 Å². The predicted molar refractivity (Wildman–Crippen MR) is 93.3 cm³/mol. The summed E-state index contributed by atoms with van der Waals surface area (Å²) in [6, 6.07) is 29.3. The van der Waals surface area contributed by atoms with Crippen LogP contribution in [0.1, 0.15) is 39.3 Å². The maximum Gasteiger partial charge on any atom is 0.0995 e. The smallest absolute Gasteiger partial charge is 0.0995 e. The van der Waals surface area contributed by atoms with Crippen molar-refractivity contribution in [1.29, 1.82) is 15.8 Å². The normalized spacial score (nSPS) is 9.84. The van der Waals surface area contributed by atoms with E-state index < -0.39 is 0 Å². The van der Waals surface area contributed by atoms with Crippen molar-refractivity contribution < 1.29 is 0 Å². The Morgan fingerprint density at radius 1 is 0.640 bits per heavy atom. The van der Waals surface area contributed by atoms with E-state index in [9.17, 15) is 15.8 Å². The zero-order valence-corrected chi connectivity index (χ0v) is 13.3. The van der Waals surface area contributed by atoms with Crippen molar-refractivity contribution >= 4 is 0 Å². The van der Waals surface area contributed by atoms with E-state index in [4.69, 9.17) is 0 Å². The molecule has 0 spiro atoms. The van der Waals surface area contributed by atoms with Gasteiger partial charge in [0.15, 0.2) is 0 Å². The zero-order chi connectivity index (χ0) is 17.6. The Labute approximate surface area is 146 Å². The fourth-order valence-corrected chi connectivity index (χ4v) is 2.99. The fraction of sp³-hybridized carbons (Fsp3) is 0.0455. The van der Waals surface area contributed by atoms with E-state index in [0.717, 1.165) is 16.7 Å². The molecular formula is C22H12N3. The molecule has 3 nitrogen and oxygen atoms in total. The Morgan fingerprint density at radius 3 is 1.64 bits per heavy atom. The molecule has 115 valence electrons. The van der Waals surface area contributed by atoms with Crippen molar-refractivity contribution in [3.63, 3.8) is 0 Å². The van der Waals surface area contributed by atoms with Crippen LogP contribution < -0.4 is 0 Å². The van der Waals surface area contributed by atoms with Gasteiger partial charge >= 0.3 is 0 Å². The Balaban J connectivity index is 2.36. The van der Waals surface area contributed by atoms with Gasteiger partial charge < -0.3 is 0 Å². The summed E-state index contributed by atoms with van der Waals surface area (Å²) in [5, 5.41) is 28.6. The molecule has 0 unspecified atom stereocenters. The first-order chi connectivity index (χ1) is 12.3. The predicted octanol–water partition coefficient (Wildman–Crippen LogP) is 4.28. The van der Waals surface area contributed by atoms with Gasteiger partial charge in [0.1, 0.15) is 0 Å². The highest BCUT2D eigenvalue weighted by atomic mass is 14.3. The number of hydrogen-bond acceptors (Lipinski definition) is 3. The van der Waals surface area contributed by atoms with E-state index in [-0.39, 0.29) is 5.92 Å². The first kappa shape index (κ1) is 16.0. The van der Waals surface area contributed by atoms with Crippen LogP contribution in [0.25, 0.3) is 0 Å². The lowest BCUT2D eigenvalue weighted by molar-refractivity contribution is 0.960. The number of nitriles is 3. The zero-order valence-electron chi connectivity index (χ0n) is 13.3. The number of nitrogens with zero attached hydrogens (tertiary/aromatic N) is 3. The fourth-order valence-electron chi connectivity index (χ4n) is 2.99. The maximum atomic E-state index is 9.53. The molecular weight excluding hydrogens is 306 g/mol. The molecule has 0 N–H and O–H groups in total. The summed E-state index contributed by atoms with van der Waals surface area (Å²) in [7, 11) is 0. The van der Waals surface area contributed by atoms with Crippen molar-refractivity contribution in [2.45, 2.75) is 5.92 Å². The topological polar surface area (TPSA) is 71.4 Å². The molecule has 0 bridgehead atoms. The van der Waals surface area contributed by atoms with Crippen molar-refractivity contribution in [2.24, 2.45) is 0 Å². The molecule has 0 aliphatic heterocycles. The SMILES string of the molecule is N#Cc1c[c]ccc1C(c1ccccc1C#N)c1ccccc1C#N. The van der Waals surface area contributed by atoms with Gasteiger partial charge in [0, 0.05) is 5.92 Å². The average molecular weight is 318 g/mol. The van der Waals surface area contributed by atoms with Crippen LogP contribution in [0.2, 0.25) is 0 Å². The largest absolute Gasteiger partial charge is 0.192 e. The van der Waals surface area contributed by atoms with Gasteiger partial charge in [0.2, 0.25) is 0 Å². The first-order valence-corrected chi connectivity index (χ1v) is 7.68. The van der Waals surface area contributed by atoms with Gasteiger partial charge in [-0.05, 0) is 41.0 Å². The van der Waals surface area contributed by atoms with Crippen molar-refractivity contribution in [2.75, 3.05) is 0 Å². The van der Waals surface area contributed by atoms with Crippen LogP contribution >= 0.6 is 0 Å². The third-order valence-corrected chi connectivity index (χ3v) is 4.11. The summed E-state index contributed by atoms with van der Waals surface area (Å²) in [4.78, 5) is 0. The van der Waals surface area contributed by atoms with Crippen molar-refractivity contribution in [3.8, 4) is 18.2 Å². The second-order valence-electron chi connectivity index (χ2n) is 5.46. The average Bonchev–Trinajstić information content (AvgIpc) is 2.69. The number of hydrogen-bond donors (Lipinski definition) is 0. The molecule has 3 aromatic rings. The highest BCUT2D eigenvalue weighted by Gasteiger charge is 2.24. The standard InChI is InChI=1S/C22H12N3/c23-13-16-7-1-4-10-19(16)22(20-11-5-2-8-17(20)14-24)21-12-6-3-9-18(21)15-25/h1-2,4-12,22H. The van der Waals surface area contributed by atoms with Gasteiger partial charge in [-0.15, -0.1) is 0 Å². The molecule has 0 atom stereocenters. The second kappa shape index (κ2) is 7.14. The Hall–Kier alpha value is -3.87. The van der Waals surface area contributed by atoms with E-state index >= 15 is 0 Å². The highest BCUT2D eigenvalue weighted by molar-refractivity contribution is 5.57. The van der Waals surface area contributed by atoms with Gasteiger partial charge in [-0.2, -0.15) is 15.8 Å². The minimum Gasteiger partial charge on any atom is -0.192 e. The minimum absolute atomic E-state index is 0.379. The lowest BCUT2D eigenvalue weighted by Gasteiger charge is -2.22. The van der Waals surface area contributed by atoms with Crippen LogP contribution in [0.3, 0.4) is 0 Å². The number of rotatable bonds is 3. The minimum atomic E-state index is -0.379. The summed E-state index contributed by atoms with van der Waals surface area (Å²) in [5.74, 6) is -0.379. The first-order valence-electron chi connectivity index (χ1n) is 7.68. The number of benzene rings is 3. The molecule has 0 amide bonds. The van der Waals surface area contributed by atoms with Crippen molar-refractivity contribution in [1.82, 2.24) is 0 Å². The molecule has 0 saturated carbocycles. The monoisotopic (exact) mass is 318 g/mol. The molecule has 0 aliphatic rings. The van der Waals surface area contributed by atoms with E-state index in [1.807, 2.05) is 30.3 Å². The van der Waals surface area contributed by atoms with Crippen LogP contribution in [0.15, 0.2) is 66.7 Å². The second-order valence-corrected chi connectivity index (χ2v) is 5.46. The third kappa shape index (κ3) is 2.98. The molecule has 0 aromatic heterocycles. The molecule has 3 heteroatoms. The van der Waals surface area contributed by atoms with Crippen LogP contribution in [0, 0.1) is 40.1 Å². The van der Waals surface area contributed by atoms with Gasteiger partial charge in [0.05, 0.1) is 34.9 Å². The Morgan fingerprint density at radius 2 is 1.12 bits per heavy atom. The summed E-state index contributed by atoms with van der Waals surface area (Å²) in [6.45, 7) is 0. The van der Waals surface area contributed by atoms with E-state index in [0.29, 0.717) is 16.7 Å². The van der Waals surface area contributed by atoms with Gasteiger partial charge in [-0.1, -0.05) is 48.5 Å². The molecule has 0 saturated heterocycles. The van der Waals surface area contributed by atoms with Gasteiger partial charge in [0.25, 0.3) is 0 Å². The summed E-state index contributed by atoms with van der Waals surface area (Å²) < 4.78 is 0. The Bertz CT molecular complexity index is 909. The highest BCUT2D eigenvalue weighted by Crippen LogP contribution is 2.36. The van der Waals surface area contributed by atoms with Crippen molar-refractivity contribution in [3.05, 3.63) is 106 Å². The van der Waals surface area contributed by atoms with E-state index in [1.54, 1.807) is 36.4 Å². The summed E-state index contributed by atoms with van der Waals surface area (Å²) in [6.07, 6.45) is 0. The molecule has 0 aliphatic carbocycles. The maximum absolute atomic E-state index is 9.53. The summed E-state index contributed by atoms with van der Waals surface area (Å²) in [5.41, 5.74) is 3.83. The van der Waals surface area contributed by atoms with Crippen LogP contribution in [-0.2, 0) is 0 Å². The third-order valence-electron chi connectivity index (χ3n) is 4.11. The molecule has 3 aromatic carbocycles. The molecule has 25 heavy (non-hydrogen) atoms. The van der Waals surface area contributed by atoms with Crippen LogP contribution in [0.4, 0.5) is 0 Å². The molecule has 3 rings (SSSR count). The van der Waals surface area contributed by atoms with Crippen LogP contribution in [0.5, 0.6) is 0 Å². The van der Waals surface area contributed by atoms with E-state index in [2.05, 4.69) is 24.3 Å².